The molecule has 6 aromatic rings. The summed E-state index contributed by atoms with van der Waals surface area (Å²) in [6.07, 6.45) is 3.93. The van der Waals surface area contributed by atoms with E-state index in [-0.39, 0.29) is 0 Å². The summed E-state index contributed by atoms with van der Waals surface area (Å²) in [5, 5.41) is 4.86. The van der Waals surface area contributed by atoms with Crippen LogP contribution in [0, 0.1) is 6.92 Å². The van der Waals surface area contributed by atoms with Gasteiger partial charge in [-0.25, -0.2) is 0 Å². The quantitative estimate of drug-likeness (QED) is 0.188. The first-order valence-electron chi connectivity index (χ1n) is 12.8. The largest absolute Gasteiger partial charge is 0.253 e. The molecule has 0 N–H and O–H groups in total. The van der Waals surface area contributed by atoms with E-state index in [9.17, 15) is 0 Å². The number of halogens is 1. The van der Waals surface area contributed by atoms with E-state index < -0.39 is 5.54 Å². The molecular weight excluding hydrogens is 528 g/mol. The van der Waals surface area contributed by atoms with E-state index in [1.165, 1.54) is 11.1 Å². The van der Waals surface area contributed by atoms with Gasteiger partial charge in [0.2, 0.25) is 0 Å². The van der Waals surface area contributed by atoms with Gasteiger partial charge in [0.25, 0.3) is 0 Å². The van der Waals surface area contributed by atoms with Crippen molar-refractivity contribution in [3.8, 4) is 22.3 Å². The molecule has 0 fully saturated rings. The Morgan fingerprint density at radius 3 is 1.68 bits per heavy atom. The van der Waals surface area contributed by atoms with Crippen molar-refractivity contribution in [2.24, 2.45) is 0 Å². The fourth-order valence-corrected chi connectivity index (χ4v) is 6.09. The molecule has 0 aliphatic carbocycles. The van der Waals surface area contributed by atoms with Gasteiger partial charge >= 0.3 is 0 Å². The summed E-state index contributed by atoms with van der Waals surface area (Å²) >= 11 is 4.02. The highest BCUT2D eigenvalue weighted by Crippen LogP contribution is 2.46. The minimum atomic E-state index is -0.686. The first kappa shape index (κ1) is 24.1. The van der Waals surface area contributed by atoms with Gasteiger partial charge in [-0.3, -0.25) is 4.68 Å². The summed E-state index contributed by atoms with van der Waals surface area (Å²) < 4.78 is 3.17. The number of benzene rings is 5. The standard InChI is InChI=1S/C35H27BrN2/c1-26-13-11-16-28(23-26)33-25-31(24-32(34(33)36)27-14-5-2-6-15-27)35(38-22-12-21-37-38,29-17-7-3-8-18-29)30-19-9-4-10-20-30/h2-25H,1H3. The topological polar surface area (TPSA) is 17.8 Å². The molecule has 5 aromatic carbocycles. The number of aryl methyl sites for hydroxylation is 1. The molecule has 0 spiro atoms. The van der Waals surface area contributed by atoms with Crippen molar-refractivity contribution < 1.29 is 0 Å². The van der Waals surface area contributed by atoms with Crippen LogP contribution in [0.3, 0.4) is 0 Å². The minimum Gasteiger partial charge on any atom is -0.253 e. The number of rotatable bonds is 6. The second kappa shape index (κ2) is 10.3. The van der Waals surface area contributed by atoms with Crippen LogP contribution < -0.4 is 0 Å². The number of nitrogens with zero attached hydrogens (tertiary/aromatic N) is 2. The molecule has 0 unspecified atom stereocenters. The van der Waals surface area contributed by atoms with Gasteiger partial charge in [0.1, 0.15) is 5.54 Å². The van der Waals surface area contributed by atoms with Crippen LogP contribution in [0.25, 0.3) is 22.3 Å². The van der Waals surface area contributed by atoms with Crippen LogP contribution >= 0.6 is 15.9 Å². The van der Waals surface area contributed by atoms with Gasteiger partial charge in [0, 0.05) is 16.9 Å². The van der Waals surface area contributed by atoms with Gasteiger partial charge in [-0.05, 0) is 80.0 Å². The molecule has 6 rings (SSSR count). The lowest BCUT2D eigenvalue weighted by molar-refractivity contribution is 0.460. The van der Waals surface area contributed by atoms with E-state index in [2.05, 4.69) is 161 Å². The summed E-state index contributed by atoms with van der Waals surface area (Å²) in [5.74, 6) is 0. The molecule has 184 valence electrons. The minimum absolute atomic E-state index is 0.686. The predicted octanol–water partition coefficient (Wildman–Crippen LogP) is 9.13. The zero-order valence-corrected chi connectivity index (χ0v) is 22.7. The molecular formula is C35H27BrN2. The number of hydrogen-bond acceptors (Lipinski definition) is 1. The molecule has 0 bridgehead atoms. The van der Waals surface area contributed by atoms with E-state index in [1.807, 2.05) is 12.3 Å². The predicted molar refractivity (Wildman–Crippen MR) is 160 cm³/mol. The van der Waals surface area contributed by atoms with Crippen LogP contribution in [0.2, 0.25) is 0 Å². The van der Waals surface area contributed by atoms with E-state index >= 15 is 0 Å². The van der Waals surface area contributed by atoms with Crippen molar-refractivity contribution in [2.75, 3.05) is 0 Å². The van der Waals surface area contributed by atoms with Crippen molar-refractivity contribution in [1.82, 2.24) is 9.78 Å². The maximum absolute atomic E-state index is 4.86. The average Bonchev–Trinajstić information content (AvgIpc) is 3.51. The number of aromatic nitrogens is 2. The Morgan fingerprint density at radius 1 is 0.579 bits per heavy atom. The van der Waals surface area contributed by atoms with Crippen molar-refractivity contribution >= 4 is 15.9 Å². The molecule has 1 aromatic heterocycles. The maximum atomic E-state index is 4.86. The molecule has 3 heteroatoms. The van der Waals surface area contributed by atoms with E-state index in [1.54, 1.807) is 0 Å². The third kappa shape index (κ3) is 4.19. The van der Waals surface area contributed by atoms with Crippen LogP contribution in [0.1, 0.15) is 22.3 Å². The maximum Gasteiger partial charge on any atom is 0.138 e. The van der Waals surface area contributed by atoms with Crippen molar-refractivity contribution in [1.29, 1.82) is 0 Å². The van der Waals surface area contributed by atoms with E-state index in [0.717, 1.165) is 37.9 Å². The molecule has 0 saturated carbocycles. The molecule has 0 radical (unpaired) electrons. The van der Waals surface area contributed by atoms with Crippen LogP contribution in [0.15, 0.2) is 150 Å². The Labute approximate surface area is 232 Å². The van der Waals surface area contributed by atoms with E-state index in [4.69, 9.17) is 5.10 Å². The third-order valence-corrected chi connectivity index (χ3v) is 7.99. The van der Waals surface area contributed by atoms with Crippen molar-refractivity contribution in [3.05, 3.63) is 173 Å². The molecule has 0 amide bonds. The normalized spacial score (nSPS) is 11.4. The summed E-state index contributed by atoms with van der Waals surface area (Å²) in [5.41, 5.74) is 8.59. The molecule has 0 saturated heterocycles. The van der Waals surface area contributed by atoms with Gasteiger partial charge in [-0.2, -0.15) is 5.10 Å². The zero-order valence-electron chi connectivity index (χ0n) is 21.1. The zero-order chi connectivity index (χ0) is 26.0. The highest BCUT2D eigenvalue weighted by molar-refractivity contribution is 9.10. The highest BCUT2D eigenvalue weighted by Gasteiger charge is 2.40. The Hall–Kier alpha value is -4.21. The lowest BCUT2D eigenvalue weighted by Gasteiger charge is -2.37. The van der Waals surface area contributed by atoms with Gasteiger partial charge in [-0.15, -0.1) is 0 Å². The first-order valence-corrected chi connectivity index (χ1v) is 13.5. The smallest absolute Gasteiger partial charge is 0.138 e. The second-order valence-corrected chi connectivity index (χ2v) is 10.3. The molecule has 0 aliphatic rings. The van der Waals surface area contributed by atoms with Crippen molar-refractivity contribution in [2.45, 2.75) is 12.5 Å². The Balaban J connectivity index is 1.77. The molecule has 0 atom stereocenters. The molecule has 2 nitrogen and oxygen atoms in total. The average molecular weight is 556 g/mol. The van der Waals surface area contributed by atoms with Gasteiger partial charge < -0.3 is 0 Å². The molecule has 0 aliphatic heterocycles. The summed E-state index contributed by atoms with van der Waals surface area (Å²) in [4.78, 5) is 0. The first-order chi connectivity index (χ1) is 18.7. The fourth-order valence-electron chi connectivity index (χ4n) is 5.41. The van der Waals surface area contributed by atoms with Crippen LogP contribution in [-0.2, 0) is 5.54 Å². The molecule has 38 heavy (non-hydrogen) atoms. The highest BCUT2D eigenvalue weighted by atomic mass is 79.9. The Bertz CT molecular complexity index is 1620. The Kier molecular flexibility index (Phi) is 6.53. The van der Waals surface area contributed by atoms with Gasteiger partial charge in [-0.1, -0.05) is 121 Å². The number of hydrogen-bond donors (Lipinski definition) is 0. The SMILES string of the molecule is Cc1cccc(-c2cc(C(c3ccccc3)(c3ccccc3)n3cccn3)cc(-c3ccccc3)c2Br)c1. The lowest BCUT2D eigenvalue weighted by atomic mass is 9.75. The summed E-state index contributed by atoms with van der Waals surface area (Å²) in [6, 6.07) is 47.3. The van der Waals surface area contributed by atoms with Crippen LogP contribution in [0.4, 0.5) is 0 Å². The summed E-state index contributed by atoms with van der Waals surface area (Å²) in [7, 11) is 0. The summed E-state index contributed by atoms with van der Waals surface area (Å²) in [6.45, 7) is 2.14. The Morgan fingerprint density at radius 2 is 1.13 bits per heavy atom. The van der Waals surface area contributed by atoms with Crippen molar-refractivity contribution in [3.63, 3.8) is 0 Å². The monoisotopic (exact) mass is 554 g/mol. The van der Waals surface area contributed by atoms with Gasteiger partial charge in [0.15, 0.2) is 0 Å². The molecule has 1 heterocycles. The second-order valence-electron chi connectivity index (χ2n) is 9.51. The van der Waals surface area contributed by atoms with Crippen LogP contribution in [-0.4, -0.2) is 9.78 Å². The fraction of sp³-hybridized carbons (Fsp3) is 0.0571. The lowest BCUT2D eigenvalue weighted by Crippen LogP contribution is -2.38. The van der Waals surface area contributed by atoms with Crippen LogP contribution in [0.5, 0.6) is 0 Å². The third-order valence-electron chi connectivity index (χ3n) is 7.14. The van der Waals surface area contributed by atoms with Gasteiger partial charge in [0.05, 0.1) is 0 Å². The van der Waals surface area contributed by atoms with E-state index in [0.29, 0.717) is 0 Å².